The molecule has 0 fully saturated rings. The highest BCUT2D eigenvalue weighted by Crippen LogP contribution is 1.90. The molecule has 0 aromatic rings. The molecule has 0 bridgehead atoms. The largest absolute Gasteiger partial charge is 0.382 e. The molecule has 0 saturated carbocycles. The monoisotopic (exact) mass is 205 g/mol. The first-order valence-corrected chi connectivity index (χ1v) is 5.17. The van der Waals surface area contributed by atoms with Gasteiger partial charge in [0.25, 0.3) is 0 Å². The van der Waals surface area contributed by atoms with Crippen molar-refractivity contribution >= 4 is 0 Å². The third-order valence-electron chi connectivity index (χ3n) is 1.73. The molecule has 1 unspecified atom stereocenters. The highest BCUT2D eigenvalue weighted by atomic mass is 16.5. The third-order valence-corrected chi connectivity index (χ3v) is 1.73. The normalized spacial score (nSPS) is 13.1. The molecule has 0 saturated heterocycles. The summed E-state index contributed by atoms with van der Waals surface area (Å²) in [6, 6.07) is 0.230. The average Bonchev–Trinajstić information content (AvgIpc) is 2.15. The molecule has 0 radical (unpaired) electrons. The van der Waals surface area contributed by atoms with Gasteiger partial charge in [0, 0.05) is 33.0 Å². The Hall–Kier alpha value is -0.160. The second-order valence-corrected chi connectivity index (χ2v) is 3.34. The molecule has 2 N–H and O–H groups in total. The van der Waals surface area contributed by atoms with Gasteiger partial charge in [0.1, 0.15) is 0 Å². The lowest BCUT2D eigenvalue weighted by molar-refractivity contribution is 0.0506. The van der Waals surface area contributed by atoms with E-state index in [0.717, 1.165) is 32.7 Å². The Morgan fingerprint density at radius 3 is 2.21 bits per heavy atom. The molecule has 0 amide bonds. The number of hydrogen-bond acceptors (Lipinski definition) is 4. The van der Waals surface area contributed by atoms with Crippen LogP contribution in [0.4, 0.5) is 0 Å². The Labute approximate surface area is 86.7 Å². The van der Waals surface area contributed by atoms with Crippen LogP contribution in [0.5, 0.6) is 0 Å². The molecule has 0 heterocycles. The Balaban J connectivity index is 2.85. The lowest BCUT2D eigenvalue weighted by atomic mass is 10.3. The number of methoxy groups -OCH3 is 1. The minimum Gasteiger partial charge on any atom is -0.382 e. The van der Waals surface area contributed by atoms with E-state index in [2.05, 4.69) is 0 Å². The molecule has 0 aromatic heterocycles. The first-order chi connectivity index (χ1) is 6.77. The molecule has 86 valence electrons. The average molecular weight is 205 g/mol. The molecule has 4 nitrogen and oxygen atoms in total. The zero-order valence-electron chi connectivity index (χ0n) is 9.33. The minimum atomic E-state index is 0.230. The van der Waals surface area contributed by atoms with Crippen LogP contribution in [0.1, 0.15) is 19.8 Å². The maximum atomic E-state index is 5.57. The van der Waals surface area contributed by atoms with Gasteiger partial charge in [0.05, 0.1) is 13.2 Å². The van der Waals surface area contributed by atoms with Gasteiger partial charge >= 0.3 is 0 Å². The summed E-state index contributed by atoms with van der Waals surface area (Å²) in [7, 11) is 1.67. The van der Waals surface area contributed by atoms with Gasteiger partial charge in [-0.25, -0.2) is 0 Å². The predicted octanol–water partition coefficient (Wildman–Crippen LogP) is 0.793. The van der Waals surface area contributed by atoms with Crippen LogP contribution in [0.3, 0.4) is 0 Å². The Bertz CT molecular complexity index is 110. The SMILES string of the molecule is COCCOCCCOCCC(C)N. The van der Waals surface area contributed by atoms with Gasteiger partial charge in [0.2, 0.25) is 0 Å². The highest BCUT2D eigenvalue weighted by molar-refractivity contribution is 4.50. The summed E-state index contributed by atoms with van der Waals surface area (Å²) in [5, 5.41) is 0. The molecular weight excluding hydrogens is 182 g/mol. The quantitative estimate of drug-likeness (QED) is 0.536. The molecule has 14 heavy (non-hydrogen) atoms. The third kappa shape index (κ3) is 11.8. The second kappa shape index (κ2) is 10.9. The van der Waals surface area contributed by atoms with E-state index in [1.54, 1.807) is 7.11 Å². The van der Waals surface area contributed by atoms with Gasteiger partial charge < -0.3 is 19.9 Å². The first-order valence-electron chi connectivity index (χ1n) is 5.17. The van der Waals surface area contributed by atoms with Gasteiger partial charge in [-0.15, -0.1) is 0 Å². The number of rotatable bonds is 10. The Kier molecular flexibility index (Phi) is 10.8. The number of nitrogens with two attached hydrogens (primary N) is 1. The van der Waals surface area contributed by atoms with Crippen LogP contribution in [0, 0.1) is 0 Å². The van der Waals surface area contributed by atoms with E-state index in [4.69, 9.17) is 19.9 Å². The van der Waals surface area contributed by atoms with Crippen molar-refractivity contribution in [3.63, 3.8) is 0 Å². The Morgan fingerprint density at radius 2 is 1.64 bits per heavy atom. The van der Waals surface area contributed by atoms with Crippen LogP contribution in [-0.2, 0) is 14.2 Å². The number of hydrogen-bond donors (Lipinski definition) is 1. The first kappa shape index (κ1) is 13.8. The minimum absolute atomic E-state index is 0.230. The van der Waals surface area contributed by atoms with Crippen LogP contribution in [-0.4, -0.2) is 46.2 Å². The van der Waals surface area contributed by atoms with E-state index >= 15 is 0 Å². The van der Waals surface area contributed by atoms with Crippen molar-refractivity contribution in [2.45, 2.75) is 25.8 Å². The summed E-state index contributed by atoms with van der Waals surface area (Å²) >= 11 is 0. The zero-order chi connectivity index (χ0) is 10.6. The van der Waals surface area contributed by atoms with E-state index in [9.17, 15) is 0 Å². The van der Waals surface area contributed by atoms with Crippen LogP contribution >= 0.6 is 0 Å². The van der Waals surface area contributed by atoms with E-state index in [-0.39, 0.29) is 6.04 Å². The fourth-order valence-electron chi connectivity index (χ4n) is 0.879. The van der Waals surface area contributed by atoms with E-state index < -0.39 is 0 Å². The van der Waals surface area contributed by atoms with Crippen LogP contribution in [0.15, 0.2) is 0 Å². The van der Waals surface area contributed by atoms with Crippen LogP contribution < -0.4 is 5.73 Å². The summed E-state index contributed by atoms with van der Waals surface area (Å²) in [5.41, 5.74) is 5.57. The van der Waals surface area contributed by atoms with Gasteiger partial charge in [-0.05, 0) is 19.8 Å². The molecule has 1 atom stereocenters. The lowest BCUT2D eigenvalue weighted by Crippen LogP contribution is -2.17. The van der Waals surface area contributed by atoms with Gasteiger partial charge in [-0.1, -0.05) is 0 Å². The summed E-state index contributed by atoms with van der Waals surface area (Å²) in [6.45, 7) is 5.54. The van der Waals surface area contributed by atoms with Crippen molar-refractivity contribution in [3.8, 4) is 0 Å². The van der Waals surface area contributed by atoms with Gasteiger partial charge in [0.15, 0.2) is 0 Å². The maximum absolute atomic E-state index is 5.57. The fourth-order valence-corrected chi connectivity index (χ4v) is 0.879. The summed E-state index contributed by atoms with van der Waals surface area (Å²) in [6.07, 6.45) is 1.85. The molecule has 0 spiro atoms. The van der Waals surface area contributed by atoms with Crippen molar-refractivity contribution in [3.05, 3.63) is 0 Å². The Morgan fingerprint density at radius 1 is 1.00 bits per heavy atom. The summed E-state index contributed by atoms with van der Waals surface area (Å²) < 4.78 is 15.5. The number of ether oxygens (including phenoxy) is 3. The molecule has 0 aliphatic carbocycles. The molecule has 0 aliphatic rings. The summed E-state index contributed by atoms with van der Waals surface area (Å²) in [4.78, 5) is 0. The van der Waals surface area contributed by atoms with E-state index in [0.29, 0.717) is 13.2 Å². The van der Waals surface area contributed by atoms with Crippen molar-refractivity contribution in [2.24, 2.45) is 5.73 Å². The second-order valence-electron chi connectivity index (χ2n) is 3.34. The smallest absolute Gasteiger partial charge is 0.0700 e. The van der Waals surface area contributed by atoms with Crippen molar-refractivity contribution in [1.82, 2.24) is 0 Å². The standard InChI is InChI=1S/C10H23NO3/c1-10(11)4-7-13-5-3-6-14-9-8-12-2/h10H,3-9,11H2,1-2H3. The molecular formula is C10H23NO3. The van der Waals surface area contributed by atoms with Gasteiger partial charge in [-0.3, -0.25) is 0 Å². The molecule has 0 aliphatic heterocycles. The molecule has 0 aromatic carbocycles. The highest BCUT2D eigenvalue weighted by Gasteiger charge is 1.94. The lowest BCUT2D eigenvalue weighted by Gasteiger charge is -2.06. The van der Waals surface area contributed by atoms with E-state index in [1.165, 1.54) is 0 Å². The predicted molar refractivity (Wildman–Crippen MR) is 56.4 cm³/mol. The van der Waals surface area contributed by atoms with Gasteiger partial charge in [-0.2, -0.15) is 0 Å². The fraction of sp³-hybridized carbons (Fsp3) is 1.00. The topological polar surface area (TPSA) is 53.7 Å². The summed E-state index contributed by atoms with van der Waals surface area (Å²) in [5.74, 6) is 0. The molecule has 4 heteroatoms. The maximum Gasteiger partial charge on any atom is 0.0700 e. The van der Waals surface area contributed by atoms with Crippen LogP contribution in [0.2, 0.25) is 0 Å². The van der Waals surface area contributed by atoms with Crippen molar-refractivity contribution < 1.29 is 14.2 Å². The molecule has 0 rings (SSSR count). The van der Waals surface area contributed by atoms with Crippen LogP contribution in [0.25, 0.3) is 0 Å². The zero-order valence-corrected chi connectivity index (χ0v) is 9.33. The van der Waals surface area contributed by atoms with Crippen molar-refractivity contribution in [1.29, 1.82) is 0 Å². The van der Waals surface area contributed by atoms with E-state index in [1.807, 2.05) is 6.92 Å². The van der Waals surface area contributed by atoms with Crippen molar-refractivity contribution in [2.75, 3.05) is 40.1 Å².